The Morgan fingerprint density at radius 2 is 1.95 bits per heavy atom. The van der Waals surface area contributed by atoms with Gasteiger partial charge in [-0.05, 0) is 35.7 Å². The summed E-state index contributed by atoms with van der Waals surface area (Å²) in [5, 5.41) is 9.92. The van der Waals surface area contributed by atoms with Crippen LogP contribution in [-0.2, 0) is 6.42 Å². The highest BCUT2D eigenvalue weighted by molar-refractivity contribution is 9.10. The van der Waals surface area contributed by atoms with Gasteiger partial charge in [-0.1, -0.05) is 51.8 Å². The number of aliphatic hydroxyl groups excluding tert-OH is 1. The molecule has 0 aliphatic rings. The van der Waals surface area contributed by atoms with Crippen LogP contribution < -0.4 is 0 Å². The van der Waals surface area contributed by atoms with Gasteiger partial charge in [0.2, 0.25) is 0 Å². The van der Waals surface area contributed by atoms with Gasteiger partial charge in [0, 0.05) is 15.4 Å². The van der Waals surface area contributed by atoms with Crippen molar-refractivity contribution in [3.63, 3.8) is 0 Å². The molecule has 2 rings (SSSR count). The SMILES string of the molecule is OCC(Cc1ccc(Cl)cc1F)c1ccccc1Br. The molecule has 0 amide bonds. The number of halogens is 3. The van der Waals surface area contributed by atoms with Crippen LogP contribution in [0.5, 0.6) is 0 Å². The zero-order valence-corrected chi connectivity index (χ0v) is 12.5. The van der Waals surface area contributed by atoms with E-state index in [9.17, 15) is 9.50 Å². The van der Waals surface area contributed by atoms with E-state index in [2.05, 4.69) is 15.9 Å². The number of benzene rings is 2. The molecule has 0 fully saturated rings. The van der Waals surface area contributed by atoms with E-state index in [0.29, 0.717) is 17.0 Å². The lowest BCUT2D eigenvalue weighted by Crippen LogP contribution is -2.09. The molecule has 0 spiro atoms. The Hall–Kier alpha value is -0.900. The molecule has 0 bridgehead atoms. The summed E-state index contributed by atoms with van der Waals surface area (Å²) in [5.74, 6) is -0.482. The second-order valence-corrected chi connectivity index (χ2v) is 5.63. The number of rotatable bonds is 4. The average Bonchev–Trinajstić information content (AvgIpc) is 2.39. The molecule has 0 radical (unpaired) electrons. The fraction of sp³-hybridized carbons (Fsp3) is 0.200. The maximum absolute atomic E-state index is 13.8. The largest absolute Gasteiger partial charge is 0.396 e. The summed E-state index contributed by atoms with van der Waals surface area (Å²) in [6.45, 7) is -0.0370. The standard InChI is InChI=1S/C15H13BrClFO/c16-14-4-2-1-3-13(14)11(9-19)7-10-5-6-12(17)8-15(10)18/h1-6,8,11,19H,7,9H2. The van der Waals surface area contributed by atoms with E-state index in [1.807, 2.05) is 24.3 Å². The molecule has 0 aliphatic heterocycles. The first kappa shape index (κ1) is 14.5. The fourth-order valence-electron chi connectivity index (χ4n) is 2.03. The van der Waals surface area contributed by atoms with Gasteiger partial charge in [0.05, 0.1) is 6.61 Å². The fourth-order valence-corrected chi connectivity index (χ4v) is 2.80. The highest BCUT2D eigenvalue weighted by Gasteiger charge is 2.16. The van der Waals surface area contributed by atoms with E-state index < -0.39 is 0 Å². The van der Waals surface area contributed by atoms with Crippen molar-refractivity contribution in [2.75, 3.05) is 6.61 Å². The highest BCUT2D eigenvalue weighted by atomic mass is 79.9. The molecule has 0 aliphatic carbocycles. The summed E-state index contributed by atoms with van der Waals surface area (Å²) in [6, 6.07) is 12.3. The van der Waals surface area contributed by atoms with Crippen LogP contribution in [0.25, 0.3) is 0 Å². The Labute approximate surface area is 125 Å². The van der Waals surface area contributed by atoms with E-state index in [1.54, 1.807) is 12.1 Å². The van der Waals surface area contributed by atoms with Crippen LogP contribution in [0.2, 0.25) is 5.02 Å². The van der Waals surface area contributed by atoms with Crippen LogP contribution in [0.15, 0.2) is 46.9 Å². The molecule has 2 aromatic carbocycles. The van der Waals surface area contributed by atoms with Crippen molar-refractivity contribution in [2.24, 2.45) is 0 Å². The first-order chi connectivity index (χ1) is 9.11. The Morgan fingerprint density at radius 3 is 2.58 bits per heavy atom. The molecule has 0 heterocycles. The minimum Gasteiger partial charge on any atom is -0.396 e. The molecule has 1 atom stereocenters. The monoisotopic (exact) mass is 342 g/mol. The molecule has 1 unspecified atom stereocenters. The molecule has 2 aromatic rings. The maximum atomic E-state index is 13.8. The lowest BCUT2D eigenvalue weighted by molar-refractivity contribution is 0.263. The smallest absolute Gasteiger partial charge is 0.127 e. The summed E-state index contributed by atoms with van der Waals surface area (Å²) in [7, 11) is 0. The van der Waals surface area contributed by atoms with Gasteiger partial charge in [-0.25, -0.2) is 4.39 Å². The molecule has 0 saturated heterocycles. The Bertz CT molecular complexity index is 574. The van der Waals surface area contributed by atoms with E-state index in [1.165, 1.54) is 6.07 Å². The van der Waals surface area contributed by atoms with E-state index >= 15 is 0 Å². The maximum Gasteiger partial charge on any atom is 0.127 e. The van der Waals surface area contributed by atoms with Gasteiger partial charge >= 0.3 is 0 Å². The number of aliphatic hydroxyl groups is 1. The van der Waals surface area contributed by atoms with Crippen LogP contribution in [0, 0.1) is 5.82 Å². The predicted molar refractivity (Wildman–Crippen MR) is 79.1 cm³/mol. The quantitative estimate of drug-likeness (QED) is 0.863. The molecule has 0 aromatic heterocycles. The first-order valence-corrected chi connectivity index (χ1v) is 7.08. The average molecular weight is 344 g/mol. The third-order valence-electron chi connectivity index (χ3n) is 3.05. The first-order valence-electron chi connectivity index (χ1n) is 5.91. The third-order valence-corrected chi connectivity index (χ3v) is 4.00. The summed E-state index contributed by atoms with van der Waals surface area (Å²) < 4.78 is 14.7. The highest BCUT2D eigenvalue weighted by Crippen LogP contribution is 2.28. The van der Waals surface area contributed by atoms with Gasteiger partial charge in [0.1, 0.15) is 5.82 Å². The van der Waals surface area contributed by atoms with Crippen molar-refractivity contribution in [1.29, 1.82) is 0 Å². The van der Waals surface area contributed by atoms with Gasteiger partial charge < -0.3 is 5.11 Å². The van der Waals surface area contributed by atoms with Gasteiger partial charge in [-0.3, -0.25) is 0 Å². The topological polar surface area (TPSA) is 20.2 Å². The van der Waals surface area contributed by atoms with E-state index in [4.69, 9.17) is 11.6 Å². The molecular weight excluding hydrogens is 331 g/mol. The molecule has 0 saturated carbocycles. The minimum absolute atomic E-state index is 0.0370. The number of hydrogen-bond donors (Lipinski definition) is 1. The van der Waals surface area contributed by atoms with Gasteiger partial charge in [-0.15, -0.1) is 0 Å². The third kappa shape index (κ3) is 3.56. The normalized spacial score (nSPS) is 12.4. The van der Waals surface area contributed by atoms with Gasteiger partial charge in [0.15, 0.2) is 0 Å². The molecule has 19 heavy (non-hydrogen) atoms. The van der Waals surface area contributed by atoms with Gasteiger partial charge in [0.25, 0.3) is 0 Å². The second-order valence-electron chi connectivity index (χ2n) is 4.34. The predicted octanol–water partition coefficient (Wildman–Crippen LogP) is 4.56. The lowest BCUT2D eigenvalue weighted by Gasteiger charge is -2.16. The summed E-state index contributed by atoms with van der Waals surface area (Å²) in [5.41, 5.74) is 1.53. The zero-order valence-electron chi connectivity index (χ0n) is 10.1. The van der Waals surface area contributed by atoms with E-state index in [-0.39, 0.29) is 18.3 Å². The Morgan fingerprint density at radius 1 is 1.21 bits per heavy atom. The molecule has 1 N–H and O–H groups in total. The minimum atomic E-state index is -0.335. The second kappa shape index (κ2) is 6.51. The van der Waals surface area contributed by atoms with Crippen molar-refractivity contribution >= 4 is 27.5 Å². The van der Waals surface area contributed by atoms with Crippen LogP contribution >= 0.6 is 27.5 Å². The van der Waals surface area contributed by atoms with Crippen molar-refractivity contribution in [3.8, 4) is 0 Å². The lowest BCUT2D eigenvalue weighted by atomic mass is 9.92. The molecule has 4 heteroatoms. The summed E-state index contributed by atoms with van der Waals surface area (Å²) in [4.78, 5) is 0. The molecule has 100 valence electrons. The van der Waals surface area contributed by atoms with Crippen LogP contribution in [0.1, 0.15) is 17.0 Å². The van der Waals surface area contributed by atoms with Crippen LogP contribution in [-0.4, -0.2) is 11.7 Å². The van der Waals surface area contributed by atoms with Crippen molar-refractivity contribution in [2.45, 2.75) is 12.3 Å². The summed E-state index contributed by atoms with van der Waals surface area (Å²) >= 11 is 9.19. The van der Waals surface area contributed by atoms with Crippen LogP contribution in [0.3, 0.4) is 0 Å². The summed E-state index contributed by atoms with van der Waals surface area (Å²) in [6.07, 6.45) is 0.433. The van der Waals surface area contributed by atoms with Crippen molar-refractivity contribution in [1.82, 2.24) is 0 Å². The Balaban J connectivity index is 2.27. The van der Waals surface area contributed by atoms with E-state index in [0.717, 1.165) is 10.0 Å². The molecular formula is C15H13BrClFO. The van der Waals surface area contributed by atoms with Gasteiger partial charge in [-0.2, -0.15) is 0 Å². The zero-order chi connectivity index (χ0) is 13.8. The number of hydrogen-bond acceptors (Lipinski definition) is 1. The Kier molecular flexibility index (Phi) is 4.97. The van der Waals surface area contributed by atoms with Crippen molar-refractivity contribution < 1.29 is 9.50 Å². The van der Waals surface area contributed by atoms with Crippen molar-refractivity contribution in [3.05, 3.63) is 68.9 Å². The molecule has 1 nitrogen and oxygen atoms in total. The van der Waals surface area contributed by atoms with Crippen LogP contribution in [0.4, 0.5) is 4.39 Å².